The van der Waals surface area contributed by atoms with Gasteiger partial charge in [0.1, 0.15) is 10.7 Å². The van der Waals surface area contributed by atoms with E-state index < -0.39 is 10.0 Å². The molecule has 0 bridgehead atoms. The molecule has 0 radical (unpaired) electrons. The normalized spacial score (nSPS) is 19.3. The smallest absolute Gasteiger partial charge is 0.285 e. The molecule has 1 aromatic carbocycles. The van der Waals surface area contributed by atoms with Gasteiger partial charge in [-0.2, -0.15) is 19.8 Å². The van der Waals surface area contributed by atoms with Gasteiger partial charge in [-0.25, -0.2) is 0 Å². The Hall–Kier alpha value is -2.45. The summed E-state index contributed by atoms with van der Waals surface area (Å²) in [5.41, 5.74) is 2.39. The van der Waals surface area contributed by atoms with Gasteiger partial charge >= 0.3 is 0 Å². The van der Waals surface area contributed by atoms with Gasteiger partial charge in [-0.05, 0) is 47.7 Å². The van der Waals surface area contributed by atoms with Gasteiger partial charge in [-0.3, -0.25) is 4.79 Å². The molecule has 8 heteroatoms. The first kappa shape index (κ1) is 19.8. The number of nitrogens with one attached hydrogen (secondary N) is 1. The Morgan fingerprint density at radius 3 is 2.59 bits per heavy atom. The minimum absolute atomic E-state index is 0.0325. The van der Waals surface area contributed by atoms with Gasteiger partial charge in [0.2, 0.25) is 5.91 Å². The maximum Gasteiger partial charge on any atom is 0.285 e. The molecule has 6 nitrogen and oxygen atoms in total. The Morgan fingerprint density at radius 2 is 1.93 bits per heavy atom. The molecule has 0 atom stereocenters. The fourth-order valence-corrected chi connectivity index (χ4v) is 6.02. The van der Waals surface area contributed by atoms with Crippen molar-refractivity contribution < 1.29 is 13.2 Å². The maximum atomic E-state index is 12.7. The van der Waals surface area contributed by atoms with Gasteiger partial charge in [-0.15, -0.1) is 4.40 Å². The van der Waals surface area contributed by atoms with Gasteiger partial charge < -0.3 is 10.2 Å². The molecule has 0 aliphatic carbocycles. The summed E-state index contributed by atoms with van der Waals surface area (Å²) in [7, 11) is -3.69. The summed E-state index contributed by atoms with van der Waals surface area (Å²) in [6, 6.07) is 11.2. The van der Waals surface area contributed by atoms with Crippen LogP contribution < -0.4 is 5.32 Å². The number of amidine groups is 1. The molecule has 3 heterocycles. The number of benzene rings is 1. The largest absolute Gasteiger partial charge is 0.356 e. The second-order valence-electron chi connectivity index (χ2n) is 7.35. The molecule has 0 saturated carbocycles. The van der Waals surface area contributed by atoms with Crippen LogP contribution in [-0.4, -0.2) is 44.2 Å². The summed E-state index contributed by atoms with van der Waals surface area (Å²) in [5, 5.41) is 7.05. The average Bonchev–Trinajstić information content (AvgIpc) is 3.28. The zero-order chi connectivity index (χ0) is 20.4. The Kier molecular flexibility index (Phi) is 5.56. The van der Waals surface area contributed by atoms with Crippen LogP contribution in [0.3, 0.4) is 0 Å². The molecule has 2 aromatic rings. The van der Waals surface area contributed by atoms with E-state index in [0.29, 0.717) is 41.4 Å². The number of carbonyl (C=O) groups is 1. The summed E-state index contributed by atoms with van der Waals surface area (Å²) < 4.78 is 29.4. The van der Waals surface area contributed by atoms with Gasteiger partial charge in [0.25, 0.3) is 10.0 Å². The van der Waals surface area contributed by atoms with Crippen LogP contribution in [0.25, 0.3) is 4.91 Å². The molecule has 0 spiro atoms. The van der Waals surface area contributed by atoms with Crippen molar-refractivity contribution in [1.29, 1.82) is 0 Å². The van der Waals surface area contributed by atoms with Crippen LogP contribution in [0, 0.1) is 0 Å². The topological polar surface area (TPSA) is 78.8 Å². The molecule has 1 N–H and O–H groups in total. The lowest BCUT2D eigenvalue weighted by Gasteiger charge is -2.33. The van der Waals surface area contributed by atoms with E-state index in [9.17, 15) is 13.2 Å². The molecule has 1 fully saturated rings. The van der Waals surface area contributed by atoms with Gasteiger partial charge in [-0.1, -0.05) is 30.3 Å². The Morgan fingerprint density at radius 1 is 1.21 bits per heavy atom. The fraction of sp³-hybridized carbons (Fsp3) is 0.333. The number of amides is 1. The van der Waals surface area contributed by atoms with Gasteiger partial charge in [0.15, 0.2) is 0 Å². The first-order valence-electron chi connectivity index (χ1n) is 9.61. The molecule has 2 aliphatic rings. The van der Waals surface area contributed by atoms with Crippen molar-refractivity contribution >= 4 is 38.0 Å². The fourth-order valence-electron chi connectivity index (χ4n) is 3.87. The number of sulfonamides is 1. The number of carbonyl (C=O) groups excluding carboxylic acids is 1. The molecular weight excluding hydrogens is 406 g/mol. The van der Waals surface area contributed by atoms with Crippen molar-refractivity contribution in [1.82, 2.24) is 10.2 Å². The van der Waals surface area contributed by atoms with Gasteiger partial charge in [0, 0.05) is 24.7 Å². The maximum absolute atomic E-state index is 12.7. The molecule has 2 aliphatic heterocycles. The Bertz CT molecular complexity index is 1050. The standard InChI is InChI=1S/C21H23N3O3S2/c1-15-20(17-5-3-2-4-6-17)29(26,27)23-21(15)24-10-7-18(8-11-24)22-19(25)13-16-9-12-28-14-16/h2-6,9,12,14,18H,7-8,10-11,13H2,1H3,(H,22,25). The number of hydrogen-bond donors (Lipinski definition) is 1. The van der Waals surface area contributed by atoms with E-state index in [0.717, 1.165) is 18.4 Å². The minimum atomic E-state index is -3.69. The van der Waals surface area contributed by atoms with Crippen LogP contribution in [0.2, 0.25) is 0 Å². The SMILES string of the molecule is CC1=C(c2ccccc2)S(=O)(=O)N=C1N1CCC(NC(=O)Cc2ccsc2)CC1. The molecule has 0 unspecified atom stereocenters. The van der Waals surface area contributed by atoms with E-state index in [1.807, 2.05) is 46.8 Å². The first-order chi connectivity index (χ1) is 13.9. The molecule has 4 rings (SSSR count). The lowest BCUT2D eigenvalue weighted by Crippen LogP contribution is -2.46. The van der Waals surface area contributed by atoms with E-state index in [4.69, 9.17) is 0 Å². The molecule has 1 saturated heterocycles. The van der Waals surface area contributed by atoms with Crippen molar-refractivity contribution in [2.45, 2.75) is 32.2 Å². The summed E-state index contributed by atoms with van der Waals surface area (Å²) >= 11 is 1.59. The third kappa shape index (κ3) is 4.28. The Balaban J connectivity index is 1.41. The lowest BCUT2D eigenvalue weighted by molar-refractivity contribution is -0.121. The summed E-state index contributed by atoms with van der Waals surface area (Å²) in [5.74, 6) is 0.567. The van der Waals surface area contributed by atoms with Crippen molar-refractivity contribution in [3.05, 3.63) is 63.9 Å². The molecule has 152 valence electrons. The monoisotopic (exact) mass is 429 g/mol. The molecule has 29 heavy (non-hydrogen) atoms. The highest BCUT2D eigenvalue weighted by Crippen LogP contribution is 2.34. The second kappa shape index (κ2) is 8.12. The predicted octanol–water partition coefficient (Wildman–Crippen LogP) is 3.04. The average molecular weight is 430 g/mol. The Labute approximate surface area is 175 Å². The van der Waals surface area contributed by atoms with Crippen LogP contribution in [0.1, 0.15) is 30.9 Å². The van der Waals surface area contributed by atoms with Crippen LogP contribution >= 0.6 is 11.3 Å². The lowest BCUT2D eigenvalue weighted by atomic mass is 10.0. The van der Waals surface area contributed by atoms with Crippen LogP contribution in [-0.2, 0) is 21.2 Å². The van der Waals surface area contributed by atoms with Crippen LogP contribution in [0.4, 0.5) is 0 Å². The summed E-state index contributed by atoms with van der Waals surface area (Å²) in [4.78, 5) is 14.5. The van der Waals surface area contributed by atoms with E-state index in [2.05, 4.69) is 9.71 Å². The quantitative estimate of drug-likeness (QED) is 0.810. The van der Waals surface area contributed by atoms with Crippen LogP contribution in [0.15, 0.2) is 57.1 Å². The number of piperidine rings is 1. The zero-order valence-electron chi connectivity index (χ0n) is 16.2. The summed E-state index contributed by atoms with van der Waals surface area (Å²) in [6.07, 6.45) is 1.93. The number of thiophene rings is 1. The van der Waals surface area contributed by atoms with Crippen molar-refractivity contribution in [2.75, 3.05) is 13.1 Å². The highest BCUT2D eigenvalue weighted by atomic mass is 32.2. The third-order valence-corrected chi connectivity index (χ3v) is 7.48. The second-order valence-corrected chi connectivity index (χ2v) is 9.67. The van der Waals surface area contributed by atoms with E-state index in [1.54, 1.807) is 23.5 Å². The predicted molar refractivity (Wildman–Crippen MR) is 116 cm³/mol. The number of hydrogen-bond acceptors (Lipinski definition) is 5. The molecular formula is C21H23N3O3S2. The zero-order valence-corrected chi connectivity index (χ0v) is 17.8. The summed E-state index contributed by atoms with van der Waals surface area (Å²) in [6.45, 7) is 3.15. The first-order valence-corrected chi connectivity index (χ1v) is 12.0. The van der Waals surface area contributed by atoms with E-state index >= 15 is 0 Å². The highest BCUT2D eigenvalue weighted by Gasteiger charge is 2.34. The minimum Gasteiger partial charge on any atom is -0.356 e. The third-order valence-electron chi connectivity index (χ3n) is 5.28. The van der Waals surface area contributed by atoms with E-state index in [1.165, 1.54) is 0 Å². The van der Waals surface area contributed by atoms with Crippen molar-refractivity contribution in [3.8, 4) is 0 Å². The molecule has 1 amide bonds. The van der Waals surface area contributed by atoms with Crippen LogP contribution in [0.5, 0.6) is 0 Å². The van der Waals surface area contributed by atoms with Crippen molar-refractivity contribution in [2.24, 2.45) is 4.40 Å². The molecule has 1 aromatic heterocycles. The highest BCUT2D eigenvalue weighted by molar-refractivity contribution is 8.00. The van der Waals surface area contributed by atoms with Gasteiger partial charge in [0.05, 0.1) is 6.42 Å². The number of nitrogens with zero attached hydrogens (tertiary/aromatic N) is 2. The number of rotatable bonds is 4. The number of likely N-dealkylation sites (tertiary alicyclic amines) is 1. The van der Waals surface area contributed by atoms with Crippen molar-refractivity contribution in [3.63, 3.8) is 0 Å². The van der Waals surface area contributed by atoms with E-state index in [-0.39, 0.29) is 11.9 Å².